The summed E-state index contributed by atoms with van der Waals surface area (Å²) in [6.45, 7) is 5.30. The van der Waals surface area contributed by atoms with Crippen molar-refractivity contribution in [2.75, 3.05) is 19.7 Å². The second kappa shape index (κ2) is 9.39. The molecule has 1 aliphatic rings. The van der Waals surface area contributed by atoms with Crippen LogP contribution in [0.3, 0.4) is 0 Å². The predicted octanol–water partition coefficient (Wildman–Crippen LogP) is 3.41. The number of nitrogens with zero attached hydrogens (tertiary/aromatic N) is 1. The van der Waals surface area contributed by atoms with Crippen LogP contribution in [-0.4, -0.2) is 36.5 Å². The van der Waals surface area contributed by atoms with E-state index >= 15 is 0 Å². The van der Waals surface area contributed by atoms with Crippen molar-refractivity contribution < 1.29 is 9.53 Å². The zero-order chi connectivity index (χ0) is 18.2. The van der Waals surface area contributed by atoms with E-state index in [1.165, 1.54) is 11.1 Å². The number of hydrogen-bond acceptors (Lipinski definition) is 3. The fourth-order valence-electron chi connectivity index (χ4n) is 3.40. The highest BCUT2D eigenvalue weighted by molar-refractivity contribution is 5.73. The molecule has 26 heavy (non-hydrogen) atoms. The van der Waals surface area contributed by atoms with E-state index in [-0.39, 0.29) is 5.91 Å². The van der Waals surface area contributed by atoms with E-state index in [9.17, 15) is 4.79 Å². The van der Waals surface area contributed by atoms with Gasteiger partial charge in [-0.05, 0) is 36.1 Å². The summed E-state index contributed by atoms with van der Waals surface area (Å²) in [5.41, 5.74) is 2.60. The molecule has 0 unspecified atom stereocenters. The van der Waals surface area contributed by atoms with E-state index in [4.69, 9.17) is 4.74 Å². The Hall–Kier alpha value is -2.33. The molecule has 1 saturated heterocycles. The van der Waals surface area contributed by atoms with Crippen LogP contribution in [0.4, 0.5) is 0 Å². The highest BCUT2D eigenvalue weighted by Crippen LogP contribution is 2.17. The van der Waals surface area contributed by atoms with Crippen LogP contribution in [0.2, 0.25) is 0 Å². The third-order valence-corrected chi connectivity index (χ3v) is 4.83. The molecule has 2 aromatic rings. The highest BCUT2D eigenvalue weighted by Gasteiger charge is 2.19. The molecule has 138 valence electrons. The molecular formula is C22H28N2O2. The van der Waals surface area contributed by atoms with Gasteiger partial charge in [0.25, 0.3) is 0 Å². The van der Waals surface area contributed by atoms with E-state index in [1.807, 2.05) is 6.07 Å². The third kappa shape index (κ3) is 5.88. The minimum Gasteiger partial charge on any atom is -0.493 e. The minimum absolute atomic E-state index is 0.0753. The maximum absolute atomic E-state index is 11.1. The fraction of sp³-hybridized carbons (Fsp3) is 0.409. The Kier molecular flexibility index (Phi) is 6.67. The van der Waals surface area contributed by atoms with Crippen LogP contribution in [0.15, 0.2) is 54.6 Å². The van der Waals surface area contributed by atoms with Gasteiger partial charge in [0.05, 0.1) is 6.61 Å². The number of rotatable bonds is 7. The van der Waals surface area contributed by atoms with Crippen LogP contribution in [0.5, 0.6) is 5.75 Å². The van der Waals surface area contributed by atoms with Gasteiger partial charge in [0.1, 0.15) is 5.75 Å². The van der Waals surface area contributed by atoms with E-state index < -0.39 is 0 Å². The number of benzene rings is 2. The molecule has 4 nitrogen and oxygen atoms in total. The number of carbonyl (C=O) groups is 1. The van der Waals surface area contributed by atoms with Gasteiger partial charge in [0.2, 0.25) is 5.91 Å². The molecule has 3 rings (SSSR count). The van der Waals surface area contributed by atoms with Crippen molar-refractivity contribution in [2.45, 2.75) is 38.8 Å². The number of carbonyl (C=O) groups excluding carboxylic acids is 1. The van der Waals surface area contributed by atoms with Crippen molar-refractivity contribution in [2.24, 2.45) is 0 Å². The van der Waals surface area contributed by atoms with Crippen molar-refractivity contribution in [3.8, 4) is 5.75 Å². The maximum atomic E-state index is 11.1. The Morgan fingerprint density at radius 3 is 2.38 bits per heavy atom. The first-order chi connectivity index (χ1) is 12.7. The van der Waals surface area contributed by atoms with Gasteiger partial charge in [-0.2, -0.15) is 0 Å². The lowest BCUT2D eigenvalue weighted by atomic mass is 10.0. The van der Waals surface area contributed by atoms with Gasteiger partial charge in [0.15, 0.2) is 0 Å². The van der Waals surface area contributed by atoms with E-state index in [0.29, 0.717) is 12.6 Å². The van der Waals surface area contributed by atoms with Gasteiger partial charge in [-0.1, -0.05) is 42.5 Å². The molecule has 4 heteroatoms. The average Bonchev–Trinajstić information content (AvgIpc) is 2.65. The molecule has 1 aliphatic heterocycles. The summed E-state index contributed by atoms with van der Waals surface area (Å²) < 4.78 is 5.85. The van der Waals surface area contributed by atoms with Crippen LogP contribution < -0.4 is 10.1 Å². The fourth-order valence-corrected chi connectivity index (χ4v) is 3.40. The molecule has 1 N–H and O–H groups in total. The lowest BCUT2D eigenvalue weighted by Crippen LogP contribution is -2.43. The summed E-state index contributed by atoms with van der Waals surface area (Å²) in [4.78, 5) is 13.6. The molecule has 0 aromatic heterocycles. The topological polar surface area (TPSA) is 41.6 Å². The second-order valence-corrected chi connectivity index (χ2v) is 6.98. The van der Waals surface area contributed by atoms with Gasteiger partial charge >= 0.3 is 0 Å². The van der Waals surface area contributed by atoms with Gasteiger partial charge in [-0.25, -0.2) is 0 Å². The van der Waals surface area contributed by atoms with Gasteiger partial charge < -0.3 is 10.1 Å². The molecule has 1 amide bonds. The third-order valence-electron chi connectivity index (χ3n) is 4.83. The summed E-state index contributed by atoms with van der Waals surface area (Å²) in [6.07, 6.45) is 2.98. The first kappa shape index (κ1) is 18.5. The molecule has 0 saturated carbocycles. The molecular weight excluding hydrogens is 324 g/mol. The summed E-state index contributed by atoms with van der Waals surface area (Å²) in [6, 6.07) is 19.2. The molecule has 2 aromatic carbocycles. The summed E-state index contributed by atoms with van der Waals surface area (Å²) in [7, 11) is 0. The Bertz CT molecular complexity index is 677. The smallest absolute Gasteiger partial charge is 0.217 e. The Labute approximate surface area is 156 Å². The van der Waals surface area contributed by atoms with Crippen molar-refractivity contribution in [1.82, 2.24) is 10.2 Å². The largest absolute Gasteiger partial charge is 0.493 e. The molecule has 1 fully saturated rings. The standard InChI is InChI=1S/C22H28N2O2/c1-18(25)23-21-11-14-24(15-12-21)17-20-7-9-22(10-8-20)26-16-13-19-5-3-2-4-6-19/h2-10,21H,11-17H2,1H3,(H,23,25). The molecule has 0 spiro atoms. The van der Waals surface area contributed by atoms with Gasteiger partial charge in [-0.3, -0.25) is 9.69 Å². The first-order valence-electron chi connectivity index (χ1n) is 9.44. The summed E-state index contributed by atoms with van der Waals surface area (Å²) >= 11 is 0. The zero-order valence-corrected chi connectivity index (χ0v) is 15.5. The van der Waals surface area contributed by atoms with E-state index in [2.05, 4.69) is 58.7 Å². The molecule has 0 atom stereocenters. The zero-order valence-electron chi connectivity index (χ0n) is 15.5. The maximum Gasteiger partial charge on any atom is 0.217 e. The van der Waals surface area contributed by atoms with Crippen LogP contribution in [0.1, 0.15) is 30.9 Å². The highest BCUT2D eigenvalue weighted by atomic mass is 16.5. The monoisotopic (exact) mass is 352 g/mol. The SMILES string of the molecule is CC(=O)NC1CCN(Cc2ccc(OCCc3ccccc3)cc2)CC1. The van der Waals surface area contributed by atoms with Crippen molar-refractivity contribution >= 4 is 5.91 Å². The number of nitrogens with one attached hydrogen (secondary N) is 1. The lowest BCUT2D eigenvalue weighted by Gasteiger charge is -2.32. The molecule has 1 heterocycles. The first-order valence-corrected chi connectivity index (χ1v) is 9.44. The van der Waals surface area contributed by atoms with Crippen molar-refractivity contribution in [3.63, 3.8) is 0 Å². The second-order valence-electron chi connectivity index (χ2n) is 6.98. The molecule has 0 bridgehead atoms. The van der Waals surface area contributed by atoms with Crippen LogP contribution in [0.25, 0.3) is 0 Å². The summed E-state index contributed by atoms with van der Waals surface area (Å²) in [5.74, 6) is 1.00. The number of amides is 1. The number of piperidine rings is 1. The van der Waals surface area contributed by atoms with Crippen molar-refractivity contribution in [3.05, 3.63) is 65.7 Å². The normalized spacial score (nSPS) is 15.6. The Morgan fingerprint density at radius 1 is 1.04 bits per heavy atom. The molecule has 0 radical (unpaired) electrons. The Balaban J connectivity index is 1.40. The minimum atomic E-state index is 0.0753. The summed E-state index contributed by atoms with van der Waals surface area (Å²) in [5, 5.41) is 3.02. The quantitative estimate of drug-likeness (QED) is 0.830. The number of ether oxygens (including phenoxy) is 1. The number of likely N-dealkylation sites (tertiary alicyclic amines) is 1. The Morgan fingerprint density at radius 2 is 1.73 bits per heavy atom. The van der Waals surface area contributed by atoms with Crippen molar-refractivity contribution in [1.29, 1.82) is 0 Å². The average molecular weight is 352 g/mol. The van der Waals surface area contributed by atoms with Crippen LogP contribution in [-0.2, 0) is 17.8 Å². The van der Waals surface area contributed by atoms with Gasteiger partial charge in [-0.15, -0.1) is 0 Å². The van der Waals surface area contributed by atoms with E-state index in [0.717, 1.165) is 44.6 Å². The predicted molar refractivity (Wildman–Crippen MR) is 104 cm³/mol. The number of hydrogen-bond donors (Lipinski definition) is 1. The van der Waals surface area contributed by atoms with Gasteiger partial charge in [0, 0.05) is 39.0 Å². The van der Waals surface area contributed by atoms with Crippen LogP contribution in [0, 0.1) is 0 Å². The molecule has 0 aliphatic carbocycles. The lowest BCUT2D eigenvalue weighted by molar-refractivity contribution is -0.119. The van der Waals surface area contributed by atoms with E-state index in [1.54, 1.807) is 6.92 Å². The van der Waals surface area contributed by atoms with Crippen LogP contribution >= 0.6 is 0 Å².